The summed E-state index contributed by atoms with van der Waals surface area (Å²) in [6.45, 7) is 4.78. The molecule has 1 aliphatic rings. The maximum Gasteiger partial charge on any atom is 0.251 e. The number of nitrogens with one attached hydrogen (secondary N) is 1. The zero-order valence-corrected chi connectivity index (χ0v) is 19.6. The van der Waals surface area contributed by atoms with Crippen LogP contribution in [0.1, 0.15) is 41.3 Å². The summed E-state index contributed by atoms with van der Waals surface area (Å²) in [5, 5.41) is 4.07. The number of benzene rings is 1. The summed E-state index contributed by atoms with van der Waals surface area (Å²) in [6.07, 6.45) is 5.78. The number of pyridine rings is 1. The minimum atomic E-state index is -0.0975. The maximum absolute atomic E-state index is 12.4. The zero-order valence-electron chi connectivity index (χ0n) is 18.0. The first-order valence-corrected chi connectivity index (χ1v) is 12.1. The third-order valence-corrected chi connectivity index (χ3v) is 6.67. The van der Waals surface area contributed by atoms with E-state index in [9.17, 15) is 4.79 Å². The number of piperidine rings is 1. The van der Waals surface area contributed by atoms with Crippen LogP contribution in [0.4, 0.5) is 5.82 Å². The maximum atomic E-state index is 12.4. The molecule has 3 heterocycles. The fourth-order valence-corrected chi connectivity index (χ4v) is 4.57. The molecule has 1 fully saturated rings. The first-order valence-electron chi connectivity index (χ1n) is 10.8. The predicted octanol–water partition coefficient (Wildman–Crippen LogP) is 4.98. The highest BCUT2D eigenvalue weighted by Gasteiger charge is 2.18. The molecule has 1 saturated heterocycles. The van der Waals surface area contributed by atoms with Crippen LogP contribution in [-0.2, 0) is 12.3 Å². The van der Waals surface area contributed by atoms with Gasteiger partial charge in [-0.25, -0.2) is 9.97 Å². The van der Waals surface area contributed by atoms with Crippen molar-refractivity contribution < 1.29 is 4.79 Å². The van der Waals surface area contributed by atoms with Crippen LogP contribution in [0.2, 0.25) is 5.15 Å². The van der Waals surface area contributed by atoms with Crippen molar-refractivity contribution in [1.82, 2.24) is 20.3 Å². The van der Waals surface area contributed by atoms with E-state index in [1.54, 1.807) is 24.2 Å². The van der Waals surface area contributed by atoms with E-state index in [0.717, 1.165) is 36.0 Å². The Labute approximate surface area is 197 Å². The number of hydrogen-bond acceptors (Lipinski definition) is 6. The summed E-state index contributed by atoms with van der Waals surface area (Å²) < 4.78 is 0. The Morgan fingerprint density at radius 1 is 1.09 bits per heavy atom. The zero-order chi connectivity index (χ0) is 22.3. The van der Waals surface area contributed by atoms with Gasteiger partial charge in [-0.1, -0.05) is 42.4 Å². The third-order valence-electron chi connectivity index (χ3n) is 5.55. The van der Waals surface area contributed by atoms with E-state index < -0.39 is 0 Å². The van der Waals surface area contributed by atoms with E-state index in [-0.39, 0.29) is 5.91 Å². The van der Waals surface area contributed by atoms with Crippen LogP contribution in [0.15, 0.2) is 60.0 Å². The summed E-state index contributed by atoms with van der Waals surface area (Å²) >= 11 is 7.82. The van der Waals surface area contributed by atoms with Crippen molar-refractivity contribution in [3.05, 3.63) is 76.7 Å². The minimum Gasteiger partial charge on any atom is -0.356 e. The predicted molar refractivity (Wildman–Crippen MR) is 129 cm³/mol. The molecule has 166 valence electrons. The standard InChI is InChI=1S/C24H26ClN5OS/c1-17-8-12-30(13-9-17)22-14-21(25)28-24(29-22)32-16-19-2-4-20(5-3-19)23(31)27-15-18-6-10-26-11-7-18/h2-7,10-11,14,17H,8-9,12-13,15-16H2,1H3,(H,27,31). The molecule has 0 atom stereocenters. The molecule has 1 N–H and O–H groups in total. The van der Waals surface area contributed by atoms with Crippen molar-refractivity contribution in [3.8, 4) is 0 Å². The van der Waals surface area contributed by atoms with Gasteiger partial charge in [-0.15, -0.1) is 0 Å². The fourth-order valence-electron chi connectivity index (χ4n) is 3.53. The van der Waals surface area contributed by atoms with Crippen LogP contribution >= 0.6 is 23.4 Å². The molecule has 6 nitrogen and oxygen atoms in total. The van der Waals surface area contributed by atoms with Crippen molar-refractivity contribution in [2.24, 2.45) is 5.92 Å². The van der Waals surface area contributed by atoms with E-state index in [2.05, 4.69) is 27.1 Å². The Morgan fingerprint density at radius 2 is 1.81 bits per heavy atom. The molecule has 0 spiro atoms. The molecule has 1 amide bonds. The van der Waals surface area contributed by atoms with Gasteiger partial charge in [0.2, 0.25) is 0 Å². The molecule has 8 heteroatoms. The SMILES string of the molecule is CC1CCN(c2cc(Cl)nc(SCc3ccc(C(=O)NCc4ccncc4)cc3)n2)CC1. The number of thioether (sulfide) groups is 1. The highest BCUT2D eigenvalue weighted by Crippen LogP contribution is 2.27. The molecule has 4 rings (SSSR count). The van der Waals surface area contributed by atoms with Crippen molar-refractivity contribution in [3.63, 3.8) is 0 Å². The monoisotopic (exact) mass is 467 g/mol. The van der Waals surface area contributed by atoms with Gasteiger partial charge in [0.1, 0.15) is 11.0 Å². The number of rotatable bonds is 7. The van der Waals surface area contributed by atoms with Gasteiger partial charge >= 0.3 is 0 Å². The number of hydrogen-bond donors (Lipinski definition) is 1. The molecule has 0 aliphatic carbocycles. The van der Waals surface area contributed by atoms with Crippen LogP contribution in [-0.4, -0.2) is 33.9 Å². The number of anilines is 1. The Kier molecular flexibility index (Phi) is 7.60. The fraction of sp³-hybridized carbons (Fsp3) is 0.333. The molecule has 32 heavy (non-hydrogen) atoms. The number of nitrogens with zero attached hydrogens (tertiary/aromatic N) is 4. The highest BCUT2D eigenvalue weighted by atomic mass is 35.5. The van der Waals surface area contributed by atoms with E-state index in [4.69, 9.17) is 16.6 Å². The summed E-state index contributed by atoms with van der Waals surface area (Å²) in [5.41, 5.74) is 2.74. The number of halogens is 1. The molecule has 0 saturated carbocycles. The first kappa shape index (κ1) is 22.6. The number of amides is 1. The molecule has 0 radical (unpaired) electrons. The molecular weight excluding hydrogens is 442 g/mol. The van der Waals surface area contributed by atoms with Crippen LogP contribution in [0.5, 0.6) is 0 Å². The van der Waals surface area contributed by atoms with Gasteiger partial charge < -0.3 is 10.2 Å². The lowest BCUT2D eigenvalue weighted by molar-refractivity contribution is 0.0951. The highest BCUT2D eigenvalue weighted by molar-refractivity contribution is 7.98. The van der Waals surface area contributed by atoms with Gasteiger partial charge in [0.25, 0.3) is 5.91 Å². The van der Waals surface area contributed by atoms with Gasteiger partial charge in [-0.3, -0.25) is 9.78 Å². The van der Waals surface area contributed by atoms with Crippen molar-refractivity contribution in [2.75, 3.05) is 18.0 Å². The molecule has 0 unspecified atom stereocenters. The van der Waals surface area contributed by atoms with E-state index in [1.165, 1.54) is 12.8 Å². The van der Waals surface area contributed by atoms with Gasteiger partial charge in [-0.2, -0.15) is 0 Å². The molecular formula is C24H26ClN5OS. The second kappa shape index (κ2) is 10.8. The Hall–Kier alpha value is -2.64. The summed E-state index contributed by atoms with van der Waals surface area (Å²) in [5.74, 6) is 2.27. The largest absolute Gasteiger partial charge is 0.356 e. The second-order valence-electron chi connectivity index (χ2n) is 8.02. The van der Waals surface area contributed by atoms with Crippen LogP contribution in [0.3, 0.4) is 0 Å². The smallest absolute Gasteiger partial charge is 0.251 e. The van der Waals surface area contributed by atoms with Crippen molar-refractivity contribution in [1.29, 1.82) is 0 Å². The molecule has 3 aromatic rings. The topological polar surface area (TPSA) is 71.0 Å². The van der Waals surface area contributed by atoms with Gasteiger partial charge in [0, 0.05) is 49.4 Å². The normalized spacial score (nSPS) is 14.4. The third kappa shape index (κ3) is 6.20. The Bertz CT molecular complexity index is 1040. The quantitative estimate of drug-likeness (QED) is 0.300. The molecule has 0 bridgehead atoms. The lowest BCUT2D eigenvalue weighted by atomic mass is 9.99. The minimum absolute atomic E-state index is 0.0975. The van der Waals surface area contributed by atoms with Crippen molar-refractivity contribution in [2.45, 2.75) is 37.2 Å². The molecule has 1 aromatic carbocycles. The van der Waals surface area contributed by atoms with E-state index in [0.29, 0.717) is 28.2 Å². The average molecular weight is 468 g/mol. The Balaban J connectivity index is 1.32. The van der Waals surface area contributed by atoms with E-state index >= 15 is 0 Å². The summed E-state index contributed by atoms with van der Waals surface area (Å²) in [6, 6.07) is 13.2. The molecule has 2 aromatic heterocycles. The Morgan fingerprint density at radius 3 is 2.53 bits per heavy atom. The summed E-state index contributed by atoms with van der Waals surface area (Å²) in [4.78, 5) is 27.8. The molecule has 1 aliphatic heterocycles. The van der Waals surface area contributed by atoms with Crippen molar-refractivity contribution >= 4 is 35.1 Å². The average Bonchev–Trinajstić information content (AvgIpc) is 2.82. The van der Waals surface area contributed by atoms with Crippen LogP contribution in [0, 0.1) is 5.92 Å². The van der Waals surface area contributed by atoms with Gasteiger partial charge in [0.15, 0.2) is 5.16 Å². The lowest BCUT2D eigenvalue weighted by Crippen LogP contribution is -2.33. The van der Waals surface area contributed by atoms with Crippen LogP contribution < -0.4 is 10.2 Å². The lowest BCUT2D eigenvalue weighted by Gasteiger charge is -2.31. The van der Waals surface area contributed by atoms with E-state index in [1.807, 2.05) is 42.5 Å². The number of carbonyl (C=O) groups excluding carboxylic acids is 1. The van der Waals surface area contributed by atoms with Gasteiger partial charge in [-0.05, 0) is 54.2 Å². The second-order valence-corrected chi connectivity index (χ2v) is 9.35. The number of carbonyl (C=O) groups is 1. The number of aromatic nitrogens is 3. The van der Waals surface area contributed by atoms with Gasteiger partial charge in [0.05, 0.1) is 0 Å². The summed E-state index contributed by atoms with van der Waals surface area (Å²) in [7, 11) is 0. The van der Waals surface area contributed by atoms with Crippen LogP contribution in [0.25, 0.3) is 0 Å². The first-order chi connectivity index (χ1) is 15.6.